The van der Waals surface area contributed by atoms with Crippen molar-refractivity contribution in [3.05, 3.63) is 23.4 Å². The molecule has 19 heavy (non-hydrogen) atoms. The van der Waals surface area contributed by atoms with Crippen LogP contribution in [-0.2, 0) is 0 Å². The molecule has 0 bridgehead atoms. The number of hydrogen-bond donors (Lipinski definition) is 1. The zero-order valence-corrected chi connectivity index (χ0v) is 11.8. The molecule has 0 unspecified atom stereocenters. The number of aryl methyl sites for hydroxylation is 1. The minimum absolute atomic E-state index is 0.136. The van der Waals surface area contributed by atoms with Crippen LogP contribution >= 0.6 is 0 Å². The molecule has 1 N–H and O–H groups in total. The molecule has 0 aromatic carbocycles. The molecule has 0 atom stereocenters. The number of rotatable bonds is 9. The van der Waals surface area contributed by atoms with Crippen LogP contribution in [0.3, 0.4) is 0 Å². The number of carboxylic acid groups (broad SMARTS) is 1. The summed E-state index contributed by atoms with van der Waals surface area (Å²) in [6, 6.07) is 3.22. The molecule has 0 aliphatic rings. The summed E-state index contributed by atoms with van der Waals surface area (Å²) in [4.78, 5) is 15.2. The molecule has 106 valence electrons. The number of pyridine rings is 1. The first kappa shape index (κ1) is 15.5. The van der Waals surface area contributed by atoms with Gasteiger partial charge < -0.3 is 9.84 Å². The van der Waals surface area contributed by atoms with Crippen molar-refractivity contribution >= 4 is 5.97 Å². The number of ether oxygens (including phenoxy) is 1. The van der Waals surface area contributed by atoms with E-state index in [4.69, 9.17) is 9.84 Å². The fourth-order valence-electron chi connectivity index (χ4n) is 1.86. The summed E-state index contributed by atoms with van der Waals surface area (Å²) in [5, 5.41) is 9.04. The monoisotopic (exact) mass is 265 g/mol. The van der Waals surface area contributed by atoms with Crippen molar-refractivity contribution in [3.63, 3.8) is 0 Å². The molecule has 1 aromatic heterocycles. The molecule has 4 nitrogen and oxygen atoms in total. The van der Waals surface area contributed by atoms with Gasteiger partial charge in [-0.3, -0.25) is 0 Å². The molecule has 1 heterocycles. The number of aromatic carboxylic acids is 1. The van der Waals surface area contributed by atoms with Gasteiger partial charge in [0, 0.05) is 5.69 Å². The second-order valence-electron chi connectivity index (χ2n) is 4.73. The van der Waals surface area contributed by atoms with E-state index in [2.05, 4.69) is 11.9 Å². The average molecular weight is 265 g/mol. The molecule has 1 aromatic rings. The van der Waals surface area contributed by atoms with Crippen molar-refractivity contribution in [2.24, 2.45) is 0 Å². The highest BCUT2D eigenvalue weighted by atomic mass is 16.5. The molecule has 0 saturated heterocycles. The van der Waals surface area contributed by atoms with Crippen LogP contribution in [0.4, 0.5) is 0 Å². The number of carboxylic acids is 1. The lowest BCUT2D eigenvalue weighted by molar-refractivity contribution is 0.0691. The molecule has 1 rings (SSSR count). The summed E-state index contributed by atoms with van der Waals surface area (Å²) >= 11 is 0. The minimum atomic E-state index is -0.995. The topological polar surface area (TPSA) is 59.4 Å². The number of unbranched alkanes of at least 4 members (excludes halogenated alkanes) is 5. The van der Waals surface area contributed by atoms with Crippen LogP contribution in [-0.4, -0.2) is 22.7 Å². The molecular weight excluding hydrogens is 242 g/mol. The molecule has 0 saturated carbocycles. The molecule has 0 amide bonds. The van der Waals surface area contributed by atoms with Gasteiger partial charge in [-0.05, 0) is 25.5 Å². The summed E-state index contributed by atoms with van der Waals surface area (Å²) in [6.45, 7) is 4.55. The fourth-order valence-corrected chi connectivity index (χ4v) is 1.86. The second kappa shape index (κ2) is 8.51. The number of carbonyl (C=O) groups is 1. The summed E-state index contributed by atoms with van der Waals surface area (Å²) in [6.07, 6.45) is 7.06. The van der Waals surface area contributed by atoms with E-state index >= 15 is 0 Å². The van der Waals surface area contributed by atoms with Gasteiger partial charge in [0.05, 0.1) is 6.61 Å². The molecule has 0 spiro atoms. The summed E-state index contributed by atoms with van der Waals surface area (Å²) in [7, 11) is 0. The molecule has 0 radical (unpaired) electrons. The van der Waals surface area contributed by atoms with Crippen LogP contribution < -0.4 is 4.74 Å². The highest BCUT2D eigenvalue weighted by Crippen LogP contribution is 2.16. The summed E-state index contributed by atoms with van der Waals surface area (Å²) in [5.74, 6) is -0.758. The smallest absolute Gasteiger partial charge is 0.341 e. The number of hydrogen-bond acceptors (Lipinski definition) is 3. The lowest BCUT2D eigenvalue weighted by Gasteiger charge is -2.08. The normalized spacial score (nSPS) is 10.4. The van der Waals surface area contributed by atoms with Crippen LogP contribution in [0.1, 0.15) is 61.5 Å². The van der Waals surface area contributed by atoms with Crippen molar-refractivity contribution in [1.82, 2.24) is 4.98 Å². The molecule has 0 aliphatic carbocycles. The fraction of sp³-hybridized carbons (Fsp3) is 0.600. The predicted octanol–water partition coefficient (Wildman–Crippen LogP) is 3.83. The van der Waals surface area contributed by atoms with Gasteiger partial charge in [-0.1, -0.05) is 39.0 Å². The van der Waals surface area contributed by atoms with E-state index < -0.39 is 5.97 Å². The Kier molecular flexibility index (Phi) is 6.93. The molecule has 0 fully saturated rings. The van der Waals surface area contributed by atoms with Gasteiger partial charge >= 0.3 is 5.97 Å². The van der Waals surface area contributed by atoms with Gasteiger partial charge in [-0.15, -0.1) is 0 Å². The van der Waals surface area contributed by atoms with E-state index in [1.807, 2.05) is 6.92 Å². The zero-order chi connectivity index (χ0) is 14.1. The lowest BCUT2D eigenvalue weighted by atomic mass is 10.1. The SMILES string of the molecule is CCCCCCCCOc1nc(C)ccc1C(=O)O. The molecular formula is C15H23NO3. The first-order valence-corrected chi connectivity index (χ1v) is 6.99. The Labute approximate surface area is 114 Å². The van der Waals surface area contributed by atoms with Gasteiger partial charge in [0.1, 0.15) is 5.56 Å². The maximum absolute atomic E-state index is 11.0. The maximum Gasteiger partial charge on any atom is 0.341 e. The number of aromatic nitrogens is 1. The molecule has 4 heteroatoms. The van der Waals surface area contributed by atoms with Crippen molar-refractivity contribution in [1.29, 1.82) is 0 Å². The summed E-state index contributed by atoms with van der Waals surface area (Å²) < 4.78 is 5.49. The summed E-state index contributed by atoms with van der Waals surface area (Å²) in [5.41, 5.74) is 0.902. The number of nitrogens with zero attached hydrogens (tertiary/aromatic N) is 1. The van der Waals surface area contributed by atoms with E-state index in [9.17, 15) is 4.79 Å². The Morgan fingerprint density at radius 2 is 1.89 bits per heavy atom. The third-order valence-corrected chi connectivity index (χ3v) is 2.97. The average Bonchev–Trinajstić information content (AvgIpc) is 2.37. The van der Waals surface area contributed by atoms with Crippen molar-refractivity contribution in [3.8, 4) is 5.88 Å². The van der Waals surface area contributed by atoms with Crippen molar-refractivity contribution < 1.29 is 14.6 Å². The quantitative estimate of drug-likeness (QED) is 0.689. The third kappa shape index (κ3) is 5.73. The van der Waals surface area contributed by atoms with Gasteiger partial charge in [0.15, 0.2) is 0 Å². The Morgan fingerprint density at radius 3 is 2.58 bits per heavy atom. The molecule has 0 aliphatic heterocycles. The van der Waals surface area contributed by atoms with Crippen LogP contribution in [0.2, 0.25) is 0 Å². The predicted molar refractivity (Wildman–Crippen MR) is 74.8 cm³/mol. The van der Waals surface area contributed by atoms with Crippen LogP contribution in [0.5, 0.6) is 5.88 Å². The van der Waals surface area contributed by atoms with Gasteiger partial charge in [-0.2, -0.15) is 0 Å². The first-order chi connectivity index (χ1) is 9.15. The highest BCUT2D eigenvalue weighted by Gasteiger charge is 2.12. The Bertz CT molecular complexity index is 404. The van der Waals surface area contributed by atoms with Crippen molar-refractivity contribution in [2.75, 3.05) is 6.61 Å². The van der Waals surface area contributed by atoms with E-state index in [-0.39, 0.29) is 11.4 Å². The first-order valence-electron chi connectivity index (χ1n) is 6.99. The van der Waals surface area contributed by atoms with E-state index in [0.717, 1.165) is 18.5 Å². The van der Waals surface area contributed by atoms with Gasteiger partial charge in [0.25, 0.3) is 0 Å². The van der Waals surface area contributed by atoms with Crippen LogP contribution in [0, 0.1) is 6.92 Å². The van der Waals surface area contributed by atoms with Crippen LogP contribution in [0.25, 0.3) is 0 Å². The standard InChI is InChI=1S/C15H23NO3/c1-3-4-5-6-7-8-11-19-14-13(15(17)18)10-9-12(2)16-14/h9-10H,3-8,11H2,1-2H3,(H,17,18). The van der Waals surface area contributed by atoms with E-state index in [0.29, 0.717) is 6.61 Å². The minimum Gasteiger partial charge on any atom is -0.477 e. The third-order valence-electron chi connectivity index (χ3n) is 2.97. The van der Waals surface area contributed by atoms with Crippen molar-refractivity contribution in [2.45, 2.75) is 52.4 Å². The van der Waals surface area contributed by atoms with Crippen LogP contribution in [0.15, 0.2) is 12.1 Å². The largest absolute Gasteiger partial charge is 0.477 e. The highest BCUT2D eigenvalue weighted by molar-refractivity contribution is 5.90. The Morgan fingerprint density at radius 1 is 1.21 bits per heavy atom. The van der Waals surface area contributed by atoms with Gasteiger partial charge in [-0.25, -0.2) is 9.78 Å². The lowest BCUT2D eigenvalue weighted by Crippen LogP contribution is -2.07. The van der Waals surface area contributed by atoms with E-state index in [1.54, 1.807) is 12.1 Å². The maximum atomic E-state index is 11.0. The second-order valence-corrected chi connectivity index (χ2v) is 4.73. The Hall–Kier alpha value is -1.58. The Balaban J connectivity index is 2.36. The zero-order valence-electron chi connectivity index (χ0n) is 11.8. The van der Waals surface area contributed by atoms with E-state index in [1.165, 1.54) is 25.7 Å². The van der Waals surface area contributed by atoms with Gasteiger partial charge in [0.2, 0.25) is 5.88 Å².